The van der Waals surface area contributed by atoms with Crippen LogP contribution in [0, 0.1) is 11.6 Å². The molecular formula is C17H12Cl2F2N2O2. The average Bonchev–Trinajstić information content (AvgIpc) is 2.59. The van der Waals surface area contributed by atoms with Gasteiger partial charge in [-0.15, -0.1) is 0 Å². The number of ether oxygens (including phenoxy) is 1. The van der Waals surface area contributed by atoms with Gasteiger partial charge >= 0.3 is 0 Å². The largest absolute Gasteiger partial charge is 0.490 e. The van der Waals surface area contributed by atoms with Crippen molar-refractivity contribution < 1.29 is 18.3 Å². The number of carbonyl (C=O) groups is 1. The zero-order chi connectivity index (χ0) is 18.2. The number of nitrogens with one attached hydrogen (secondary N) is 1. The van der Waals surface area contributed by atoms with Gasteiger partial charge in [0, 0.05) is 5.54 Å². The highest BCUT2D eigenvalue weighted by Gasteiger charge is 2.14. The van der Waals surface area contributed by atoms with Gasteiger partial charge in [-0.05, 0) is 48.0 Å². The van der Waals surface area contributed by atoms with Crippen LogP contribution in [-0.4, -0.2) is 18.7 Å². The Kier molecular flexibility index (Phi) is 6.91. The van der Waals surface area contributed by atoms with Crippen LogP contribution in [0.3, 0.4) is 0 Å². The van der Waals surface area contributed by atoms with E-state index >= 15 is 0 Å². The Labute approximate surface area is 152 Å². The summed E-state index contributed by atoms with van der Waals surface area (Å²) in [6.45, 7) is 0.349. The van der Waals surface area contributed by atoms with E-state index in [-0.39, 0.29) is 10.6 Å². The van der Waals surface area contributed by atoms with Crippen molar-refractivity contribution in [3.8, 4) is 5.75 Å². The summed E-state index contributed by atoms with van der Waals surface area (Å²) in [4.78, 5) is 11.9. The molecule has 0 radical (unpaired) electrons. The number of nitrogens with zero attached hydrogens (tertiary/aromatic N) is 1. The van der Waals surface area contributed by atoms with Crippen LogP contribution < -0.4 is 10.2 Å². The number of rotatable bonds is 6. The van der Waals surface area contributed by atoms with E-state index in [4.69, 9.17) is 27.9 Å². The zero-order valence-electron chi connectivity index (χ0n) is 12.7. The molecule has 0 aliphatic rings. The van der Waals surface area contributed by atoms with Gasteiger partial charge in [0.15, 0.2) is 11.6 Å². The van der Waals surface area contributed by atoms with Crippen molar-refractivity contribution in [2.45, 2.75) is 0 Å². The van der Waals surface area contributed by atoms with Gasteiger partial charge in [0.1, 0.15) is 12.4 Å². The van der Waals surface area contributed by atoms with E-state index in [1.165, 1.54) is 11.7 Å². The number of halogens is 4. The summed E-state index contributed by atoms with van der Waals surface area (Å²) in [6.07, 6.45) is 3.03. The normalized spacial score (nSPS) is 11.2. The van der Waals surface area contributed by atoms with Crippen molar-refractivity contribution in [3.63, 3.8) is 0 Å². The fourth-order valence-corrected chi connectivity index (χ4v) is 2.06. The van der Waals surface area contributed by atoms with E-state index in [1.807, 2.05) is 0 Å². The number of benzene rings is 2. The van der Waals surface area contributed by atoms with Crippen LogP contribution in [0.25, 0.3) is 0 Å². The van der Waals surface area contributed by atoms with Crippen LogP contribution in [0.15, 0.2) is 53.1 Å². The molecule has 0 saturated carbocycles. The summed E-state index contributed by atoms with van der Waals surface area (Å²) in [5.74, 6) is -2.41. The first-order chi connectivity index (χ1) is 12.0. The highest BCUT2D eigenvalue weighted by atomic mass is 35.5. The van der Waals surface area contributed by atoms with E-state index < -0.39 is 17.5 Å². The number of hydrazone groups is 1. The molecule has 0 aromatic heterocycles. The quantitative estimate of drug-likeness (QED) is 0.452. The number of amides is 1. The van der Waals surface area contributed by atoms with Gasteiger partial charge in [0.25, 0.3) is 5.91 Å². The van der Waals surface area contributed by atoms with E-state index in [0.717, 1.165) is 6.07 Å². The summed E-state index contributed by atoms with van der Waals surface area (Å²) in [5, 5.41) is 3.54. The highest BCUT2D eigenvalue weighted by molar-refractivity contribution is 6.33. The summed E-state index contributed by atoms with van der Waals surface area (Å²) in [5.41, 5.74) is 4.03. The van der Waals surface area contributed by atoms with Crippen LogP contribution in [-0.2, 0) is 0 Å². The van der Waals surface area contributed by atoms with Crippen molar-refractivity contribution in [1.82, 2.24) is 5.43 Å². The monoisotopic (exact) mass is 384 g/mol. The van der Waals surface area contributed by atoms with Gasteiger partial charge in [-0.3, -0.25) is 4.79 Å². The molecule has 4 nitrogen and oxygen atoms in total. The third-order valence-corrected chi connectivity index (χ3v) is 3.44. The lowest BCUT2D eigenvalue weighted by atomic mass is 10.2. The molecule has 0 saturated heterocycles. The summed E-state index contributed by atoms with van der Waals surface area (Å²) in [6, 6.07) is 8.33. The smallest absolute Gasteiger partial charge is 0.272 e. The topological polar surface area (TPSA) is 50.7 Å². The molecule has 0 bridgehead atoms. The van der Waals surface area contributed by atoms with Gasteiger partial charge in [-0.25, -0.2) is 14.2 Å². The number of hydrogen-bond donors (Lipinski definition) is 1. The second-order valence-electron chi connectivity index (χ2n) is 4.69. The Balaban J connectivity index is 1.96. The van der Waals surface area contributed by atoms with Crippen LogP contribution in [0.2, 0.25) is 5.02 Å². The van der Waals surface area contributed by atoms with E-state index in [1.54, 1.807) is 30.3 Å². The van der Waals surface area contributed by atoms with Crippen molar-refractivity contribution in [2.24, 2.45) is 5.10 Å². The minimum atomic E-state index is -1.17. The van der Waals surface area contributed by atoms with Crippen molar-refractivity contribution in [1.29, 1.82) is 0 Å². The average molecular weight is 385 g/mol. The van der Waals surface area contributed by atoms with Crippen LogP contribution >= 0.6 is 23.2 Å². The van der Waals surface area contributed by atoms with Gasteiger partial charge in [-0.2, -0.15) is 5.10 Å². The van der Waals surface area contributed by atoms with Gasteiger partial charge in [-0.1, -0.05) is 23.2 Å². The molecule has 2 aromatic carbocycles. The summed E-state index contributed by atoms with van der Waals surface area (Å²) < 4.78 is 31.5. The molecule has 1 amide bonds. The third kappa shape index (κ3) is 5.55. The fourth-order valence-electron chi connectivity index (χ4n) is 1.75. The van der Waals surface area contributed by atoms with Crippen molar-refractivity contribution in [2.75, 3.05) is 6.61 Å². The molecule has 2 aromatic rings. The molecule has 0 heterocycles. The molecule has 0 atom stereocenters. The third-order valence-electron chi connectivity index (χ3n) is 2.95. The number of hydrogen-bond acceptors (Lipinski definition) is 3. The SMILES string of the molecule is O=C(N/N=C/c1ccc(OC/C=C/Cl)cc1)c1cc(F)c(F)cc1Cl. The molecule has 0 aliphatic heterocycles. The van der Waals surface area contributed by atoms with Gasteiger partial charge < -0.3 is 4.74 Å². The Bertz CT molecular complexity index is 809. The van der Waals surface area contributed by atoms with E-state index in [0.29, 0.717) is 24.0 Å². The minimum Gasteiger partial charge on any atom is -0.490 e. The summed E-state index contributed by atoms with van der Waals surface area (Å²) >= 11 is 11.1. The van der Waals surface area contributed by atoms with Crippen LogP contribution in [0.1, 0.15) is 15.9 Å². The van der Waals surface area contributed by atoms with E-state index in [9.17, 15) is 13.6 Å². The second-order valence-corrected chi connectivity index (χ2v) is 5.35. The lowest BCUT2D eigenvalue weighted by Gasteiger charge is -2.04. The Hall–Kier alpha value is -2.44. The molecule has 8 heteroatoms. The molecular weight excluding hydrogens is 373 g/mol. The Morgan fingerprint density at radius 1 is 1.20 bits per heavy atom. The molecule has 25 heavy (non-hydrogen) atoms. The maximum atomic E-state index is 13.2. The molecule has 2 rings (SSSR count). The second kappa shape index (κ2) is 9.15. The molecule has 0 fully saturated rings. The lowest BCUT2D eigenvalue weighted by molar-refractivity contribution is 0.0954. The first-order valence-electron chi connectivity index (χ1n) is 6.97. The molecule has 0 spiro atoms. The van der Waals surface area contributed by atoms with Crippen molar-refractivity contribution in [3.05, 3.63) is 75.8 Å². The first kappa shape index (κ1) is 18.9. The molecule has 0 unspecified atom stereocenters. The standard InChI is InChI=1S/C17H12Cl2F2N2O2/c18-6-1-7-25-12-4-2-11(3-5-12)10-22-23-17(24)13-8-15(20)16(21)9-14(13)19/h1-6,8-10H,7H2,(H,23,24)/b6-1+,22-10+. The van der Waals surface area contributed by atoms with E-state index in [2.05, 4.69) is 10.5 Å². The maximum Gasteiger partial charge on any atom is 0.272 e. The Morgan fingerprint density at radius 3 is 2.56 bits per heavy atom. The van der Waals surface area contributed by atoms with Crippen LogP contribution in [0.5, 0.6) is 5.75 Å². The highest BCUT2D eigenvalue weighted by Crippen LogP contribution is 2.19. The molecule has 1 N–H and O–H groups in total. The van der Waals surface area contributed by atoms with Gasteiger partial charge in [0.2, 0.25) is 0 Å². The minimum absolute atomic E-state index is 0.209. The number of carbonyl (C=O) groups excluding carboxylic acids is 1. The first-order valence-corrected chi connectivity index (χ1v) is 7.78. The maximum absolute atomic E-state index is 13.2. The molecule has 130 valence electrons. The van der Waals surface area contributed by atoms with Crippen LogP contribution in [0.4, 0.5) is 8.78 Å². The summed E-state index contributed by atoms with van der Waals surface area (Å²) in [7, 11) is 0. The predicted octanol–water partition coefficient (Wildman–Crippen LogP) is 4.51. The van der Waals surface area contributed by atoms with Gasteiger partial charge in [0.05, 0.1) is 16.8 Å². The predicted molar refractivity (Wildman–Crippen MR) is 93.4 cm³/mol. The fraction of sp³-hybridized carbons (Fsp3) is 0.0588. The molecule has 0 aliphatic carbocycles. The Morgan fingerprint density at radius 2 is 1.88 bits per heavy atom. The lowest BCUT2D eigenvalue weighted by Crippen LogP contribution is -2.18. The zero-order valence-corrected chi connectivity index (χ0v) is 14.2. The van der Waals surface area contributed by atoms with Crippen molar-refractivity contribution >= 4 is 35.3 Å².